The third-order valence-electron chi connectivity index (χ3n) is 2.69. The van der Waals surface area contributed by atoms with Crippen LogP contribution in [0, 0.1) is 5.41 Å². The van der Waals surface area contributed by atoms with Gasteiger partial charge in [0, 0.05) is 19.7 Å². The predicted molar refractivity (Wildman–Crippen MR) is 49.3 cm³/mol. The van der Waals surface area contributed by atoms with E-state index in [-0.39, 0.29) is 18.6 Å². The van der Waals surface area contributed by atoms with Crippen LogP contribution in [0.15, 0.2) is 0 Å². The van der Waals surface area contributed by atoms with Gasteiger partial charge in [-0.05, 0) is 24.7 Å². The van der Waals surface area contributed by atoms with E-state index in [0.717, 1.165) is 25.8 Å². The van der Waals surface area contributed by atoms with Gasteiger partial charge in [0.25, 0.3) is 0 Å². The number of aliphatic hydroxyl groups excluding tert-OH is 3. The Morgan fingerprint density at radius 1 is 1.31 bits per heavy atom. The number of hydrogen-bond acceptors (Lipinski definition) is 4. The molecule has 0 heterocycles. The average Bonchev–Trinajstić information content (AvgIpc) is 2.86. The first-order chi connectivity index (χ1) is 6.22. The van der Waals surface area contributed by atoms with Crippen molar-refractivity contribution >= 4 is 0 Å². The molecule has 1 fully saturated rings. The van der Waals surface area contributed by atoms with Crippen LogP contribution in [-0.2, 0) is 0 Å². The van der Waals surface area contributed by atoms with Crippen LogP contribution in [0.5, 0.6) is 0 Å². The van der Waals surface area contributed by atoms with Gasteiger partial charge in [-0.15, -0.1) is 0 Å². The fourth-order valence-electron chi connectivity index (χ4n) is 1.50. The molecule has 0 aromatic rings. The quantitative estimate of drug-likeness (QED) is 0.418. The highest BCUT2D eigenvalue weighted by Gasteiger charge is 2.41. The van der Waals surface area contributed by atoms with E-state index < -0.39 is 6.10 Å². The van der Waals surface area contributed by atoms with Crippen LogP contribution in [0.3, 0.4) is 0 Å². The summed E-state index contributed by atoms with van der Waals surface area (Å²) in [7, 11) is 0. The van der Waals surface area contributed by atoms with E-state index in [1.807, 2.05) is 0 Å². The van der Waals surface area contributed by atoms with Crippen LogP contribution >= 0.6 is 0 Å². The van der Waals surface area contributed by atoms with Crippen LogP contribution in [0.1, 0.15) is 19.3 Å². The van der Waals surface area contributed by atoms with Crippen molar-refractivity contribution in [3.8, 4) is 0 Å². The average molecular weight is 189 g/mol. The van der Waals surface area contributed by atoms with Crippen molar-refractivity contribution in [1.82, 2.24) is 5.32 Å². The summed E-state index contributed by atoms with van der Waals surface area (Å²) in [6.07, 6.45) is 2.51. The molecule has 0 aromatic carbocycles. The highest BCUT2D eigenvalue weighted by Crippen LogP contribution is 2.47. The molecule has 13 heavy (non-hydrogen) atoms. The number of aliphatic hydroxyl groups is 3. The normalized spacial score (nSPS) is 21.5. The summed E-state index contributed by atoms with van der Waals surface area (Å²) in [6, 6.07) is 0. The second-order valence-electron chi connectivity index (χ2n) is 3.94. The van der Waals surface area contributed by atoms with Crippen molar-refractivity contribution in [3.63, 3.8) is 0 Å². The van der Waals surface area contributed by atoms with Gasteiger partial charge in [0.05, 0.1) is 12.7 Å². The van der Waals surface area contributed by atoms with Gasteiger partial charge in [-0.25, -0.2) is 0 Å². The standard InChI is InChI=1S/C9H19NO3/c11-4-3-9(1-2-9)7-10-5-8(13)6-12/h8,10-13H,1-7H2. The fraction of sp³-hybridized carbons (Fsp3) is 1.00. The fourth-order valence-corrected chi connectivity index (χ4v) is 1.50. The summed E-state index contributed by atoms with van der Waals surface area (Å²) in [5.74, 6) is 0. The first-order valence-electron chi connectivity index (χ1n) is 4.83. The molecule has 1 aliphatic rings. The van der Waals surface area contributed by atoms with Gasteiger partial charge in [-0.1, -0.05) is 0 Å². The van der Waals surface area contributed by atoms with E-state index in [0.29, 0.717) is 6.54 Å². The Kier molecular flexibility index (Phi) is 4.12. The topological polar surface area (TPSA) is 72.7 Å². The Bertz CT molecular complexity index is 148. The number of rotatable bonds is 7. The van der Waals surface area contributed by atoms with E-state index in [1.165, 1.54) is 0 Å². The summed E-state index contributed by atoms with van der Waals surface area (Å²) < 4.78 is 0. The van der Waals surface area contributed by atoms with Crippen molar-refractivity contribution in [3.05, 3.63) is 0 Å². The molecule has 4 N–H and O–H groups in total. The first kappa shape index (κ1) is 10.9. The zero-order valence-electron chi connectivity index (χ0n) is 7.87. The lowest BCUT2D eigenvalue weighted by atomic mass is 10.0. The van der Waals surface area contributed by atoms with Crippen molar-refractivity contribution in [2.75, 3.05) is 26.3 Å². The van der Waals surface area contributed by atoms with Crippen molar-refractivity contribution in [2.24, 2.45) is 5.41 Å². The van der Waals surface area contributed by atoms with Crippen LogP contribution in [0.2, 0.25) is 0 Å². The summed E-state index contributed by atoms with van der Waals surface area (Å²) in [4.78, 5) is 0. The maximum atomic E-state index is 9.04. The molecule has 0 spiro atoms. The summed E-state index contributed by atoms with van der Waals surface area (Å²) in [6.45, 7) is 1.32. The lowest BCUT2D eigenvalue weighted by Crippen LogP contribution is -2.33. The number of hydrogen-bond donors (Lipinski definition) is 4. The van der Waals surface area contributed by atoms with Crippen molar-refractivity contribution in [1.29, 1.82) is 0 Å². The lowest BCUT2D eigenvalue weighted by Gasteiger charge is -2.15. The Morgan fingerprint density at radius 2 is 2.00 bits per heavy atom. The molecule has 1 unspecified atom stereocenters. The van der Waals surface area contributed by atoms with Crippen molar-refractivity contribution < 1.29 is 15.3 Å². The van der Waals surface area contributed by atoms with Gasteiger partial charge >= 0.3 is 0 Å². The zero-order valence-corrected chi connectivity index (χ0v) is 7.87. The van der Waals surface area contributed by atoms with Crippen LogP contribution in [0.4, 0.5) is 0 Å². The molecule has 0 aromatic heterocycles. The van der Waals surface area contributed by atoms with Gasteiger partial charge in [-0.3, -0.25) is 0 Å². The second kappa shape index (κ2) is 4.91. The SMILES string of the molecule is OCCC1(CNCC(O)CO)CC1. The minimum atomic E-state index is -0.662. The molecule has 1 saturated carbocycles. The smallest absolute Gasteiger partial charge is 0.0894 e. The molecule has 4 nitrogen and oxygen atoms in total. The molecule has 1 rings (SSSR count). The second-order valence-corrected chi connectivity index (χ2v) is 3.94. The minimum Gasteiger partial charge on any atom is -0.396 e. The van der Waals surface area contributed by atoms with Gasteiger partial charge in [0.15, 0.2) is 0 Å². The largest absolute Gasteiger partial charge is 0.396 e. The van der Waals surface area contributed by atoms with E-state index in [9.17, 15) is 0 Å². The predicted octanol–water partition coefficient (Wildman–Crippen LogP) is -0.908. The molecule has 4 heteroatoms. The molecule has 0 bridgehead atoms. The Hall–Kier alpha value is -0.160. The molecule has 0 amide bonds. The molecule has 78 valence electrons. The Morgan fingerprint density at radius 3 is 2.46 bits per heavy atom. The molecular weight excluding hydrogens is 170 g/mol. The maximum absolute atomic E-state index is 9.04. The summed E-state index contributed by atoms with van der Waals surface area (Å²) >= 11 is 0. The first-order valence-corrected chi connectivity index (χ1v) is 4.83. The van der Waals surface area contributed by atoms with Gasteiger partial charge < -0.3 is 20.6 Å². The van der Waals surface area contributed by atoms with Crippen LogP contribution < -0.4 is 5.32 Å². The highest BCUT2D eigenvalue weighted by molar-refractivity contribution is 4.94. The highest BCUT2D eigenvalue weighted by atomic mass is 16.3. The monoisotopic (exact) mass is 189 g/mol. The van der Waals surface area contributed by atoms with Gasteiger partial charge in [-0.2, -0.15) is 0 Å². The molecule has 1 aliphatic carbocycles. The minimum absolute atomic E-state index is 0.194. The third kappa shape index (κ3) is 3.60. The summed E-state index contributed by atoms with van der Waals surface area (Å²) in [5.41, 5.74) is 0.282. The Labute approximate surface area is 78.6 Å². The molecule has 0 saturated heterocycles. The number of nitrogens with one attached hydrogen (secondary N) is 1. The van der Waals surface area contributed by atoms with Crippen molar-refractivity contribution in [2.45, 2.75) is 25.4 Å². The molecule has 0 aliphatic heterocycles. The molecule has 0 radical (unpaired) electrons. The van der Waals surface area contributed by atoms with Gasteiger partial charge in [0.2, 0.25) is 0 Å². The van der Waals surface area contributed by atoms with Crippen LogP contribution in [-0.4, -0.2) is 47.7 Å². The molecular formula is C9H19NO3. The molecule has 1 atom stereocenters. The third-order valence-corrected chi connectivity index (χ3v) is 2.69. The maximum Gasteiger partial charge on any atom is 0.0894 e. The zero-order chi connectivity index (χ0) is 9.73. The van der Waals surface area contributed by atoms with E-state index in [2.05, 4.69) is 5.32 Å². The van der Waals surface area contributed by atoms with E-state index in [1.54, 1.807) is 0 Å². The van der Waals surface area contributed by atoms with E-state index in [4.69, 9.17) is 15.3 Å². The van der Waals surface area contributed by atoms with Crippen LogP contribution in [0.25, 0.3) is 0 Å². The van der Waals surface area contributed by atoms with Gasteiger partial charge in [0.1, 0.15) is 0 Å². The lowest BCUT2D eigenvalue weighted by molar-refractivity contribution is 0.0927. The Balaban J connectivity index is 2.05. The van der Waals surface area contributed by atoms with E-state index >= 15 is 0 Å². The summed E-state index contributed by atoms with van der Waals surface area (Å²) in [5, 5.41) is 29.5.